The molecule has 0 atom stereocenters. The van der Waals surface area contributed by atoms with Gasteiger partial charge in [0.1, 0.15) is 5.82 Å². The van der Waals surface area contributed by atoms with E-state index in [1.807, 2.05) is 0 Å². The van der Waals surface area contributed by atoms with Crippen LogP contribution in [0.1, 0.15) is 21.5 Å². The van der Waals surface area contributed by atoms with E-state index in [9.17, 15) is 9.18 Å². The van der Waals surface area contributed by atoms with E-state index < -0.39 is 5.82 Å². The fourth-order valence-electron chi connectivity index (χ4n) is 3.75. The molecule has 0 radical (unpaired) electrons. The predicted molar refractivity (Wildman–Crippen MR) is 108 cm³/mol. The highest BCUT2D eigenvalue weighted by molar-refractivity contribution is 6.33. The summed E-state index contributed by atoms with van der Waals surface area (Å²) < 4.78 is 14.0. The highest BCUT2D eigenvalue weighted by atomic mass is 35.5. The van der Waals surface area contributed by atoms with Crippen molar-refractivity contribution >= 4 is 35.6 Å². The zero-order valence-corrected chi connectivity index (χ0v) is 16.5. The lowest BCUT2D eigenvalue weighted by atomic mass is 10.1. The minimum atomic E-state index is -0.559. The van der Waals surface area contributed by atoms with E-state index in [-0.39, 0.29) is 28.9 Å². The maximum atomic E-state index is 14.0. The molecule has 0 aromatic heterocycles. The molecule has 27 heavy (non-hydrogen) atoms. The number of nitrogens with one attached hydrogen (secondary N) is 1. The first-order chi connectivity index (χ1) is 12.6. The number of piperazine rings is 1. The number of carbonyl (C=O) groups is 1. The Morgan fingerprint density at radius 3 is 2.59 bits per heavy atom. The molecule has 1 amide bonds. The zero-order chi connectivity index (χ0) is 18.1. The number of rotatable bonds is 3. The van der Waals surface area contributed by atoms with Gasteiger partial charge in [0.25, 0.3) is 5.91 Å². The van der Waals surface area contributed by atoms with E-state index in [1.54, 1.807) is 11.0 Å². The van der Waals surface area contributed by atoms with Crippen molar-refractivity contribution in [1.29, 1.82) is 0 Å². The van der Waals surface area contributed by atoms with Crippen molar-refractivity contribution in [3.8, 4) is 0 Å². The summed E-state index contributed by atoms with van der Waals surface area (Å²) in [7, 11) is 0. The molecule has 2 aliphatic rings. The standard InChI is InChI=1S/C20H21ClFN3O.ClH/c21-16-5-2-6-17(22)18(16)20(26)25-11-9-24(10-12-25)13-15-4-1-3-14-7-8-23-19(14)15;/h1-6,23H,7-13H2;1H. The van der Waals surface area contributed by atoms with Crippen molar-refractivity contribution in [2.24, 2.45) is 0 Å². The van der Waals surface area contributed by atoms with Crippen LogP contribution < -0.4 is 5.32 Å². The fraction of sp³-hybridized carbons (Fsp3) is 0.350. The summed E-state index contributed by atoms with van der Waals surface area (Å²) in [6.45, 7) is 4.54. The van der Waals surface area contributed by atoms with Gasteiger partial charge >= 0.3 is 0 Å². The third kappa shape index (κ3) is 4.05. The van der Waals surface area contributed by atoms with E-state index in [2.05, 4.69) is 28.4 Å². The lowest BCUT2D eigenvalue weighted by Crippen LogP contribution is -2.48. The summed E-state index contributed by atoms with van der Waals surface area (Å²) in [6.07, 6.45) is 1.08. The van der Waals surface area contributed by atoms with Crippen LogP contribution in [0.4, 0.5) is 10.1 Å². The molecule has 0 aliphatic carbocycles. The second kappa shape index (κ2) is 8.46. The van der Waals surface area contributed by atoms with Crippen LogP contribution in [-0.4, -0.2) is 48.4 Å². The molecule has 2 heterocycles. The zero-order valence-electron chi connectivity index (χ0n) is 14.9. The number of hydrogen-bond donors (Lipinski definition) is 1. The molecule has 4 rings (SSSR count). The number of amides is 1. The van der Waals surface area contributed by atoms with Crippen molar-refractivity contribution < 1.29 is 9.18 Å². The summed E-state index contributed by atoms with van der Waals surface area (Å²) in [5.41, 5.74) is 3.93. The Bertz CT molecular complexity index is 818. The molecular formula is C20H22Cl2FN3O. The van der Waals surface area contributed by atoms with E-state index >= 15 is 0 Å². The minimum absolute atomic E-state index is 0. The molecule has 0 bridgehead atoms. The number of para-hydroxylation sites is 1. The SMILES string of the molecule is Cl.O=C(c1c(F)cccc1Cl)N1CCN(Cc2cccc3c2NCC3)CC1. The normalized spacial score (nSPS) is 16.4. The Labute approximate surface area is 169 Å². The number of nitrogens with zero attached hydrogens (tertiary/aromatic N) is 2. The van der Waals surface area contributed by atoms with Crippen LogP contribution in [0.25, 0.3) is 0 Å². The molecule has 1 saturated heterocycles. The highest BCUT2D eigenvalue weighted by Gasteiger charge is 2.26. The predicted octanol–water partition coefficient (Wildman–Crippen LogP) is 3.83. The van der Waals surface area contributed by atoms with E-state index in [0.29, 0.717) is 13.1 Å². The molecule has 2 aliphatic heterocycles. The second-order valence-electron chi connectivity index (χ2n) is 6.79. The van der Waals surface area contributed by atoms with E-state index in [0.717, 1.165) is 32.6 Å². The summed E-state index contributed by atoms with van der Waals surface area (Å²) in [6, 6.07) is 10.8. The molecule has 7 heteroatoms. The quantitative estimate of drug-likeness (QED) is 0.836. The fourth-order valence-corrected chi connectivity index (χ4v) is 4.00. The van der Waals surface area contributed by atoms with Gasteiger partial charge in [0.15, 0.2) is 0 Å². The Kier molecular flexibility index (Phi) is 6.25. The molecular weight excluding hydrogens is 388 g/mol. The van der Waals surface area contributed by atoms with Gasteiger partial charge in [0.2, 0.25) is 0 Å². The van der Waals surface area contributed by atoms with Crippen LogP contribution in [0.5, 0.6) is 0 Å². The molecule has 1 fully saturated rings. The lowest BCUT2D eigenvalue weighted by Gasteiger charge is -2.35. The van der Waals surface area contributed by atoms with Crippen molar-refractivity contribution in [3.05, 3.63) is 63.9 Å². The maximum Gasteiger partial charge on any atom is 0.258 e. The molecule has 1 N–H and O–H groups in total. The van der Waals surface area contributed by atoms with Crippen molar-refractivity contribution in [3.63, 3.8) is 0 Å². The van der Waals surface area contributed by atoms with Gasteiger partial charge < -0.3 is 10.2 Å². The van der Waals surface area contributed by atoms with Gasteiger partial charge in [-0.1, -0.05) is 35.9 Å². The number of fused-ring (bicyclic) bond motifs is 1. The molecule has 0 spiro atoms. The Morgan fingerprint density at radius 1 is 1.11 bits per heavy atom. The molecule has 0 unspecified atom stereocenters. The van der Waals surface area contributed by atoms with Crippen LogP contribution in [0, 0.1) is 5.82 Å². The summed E-state index contributed by atoms with van der Waals surface area (Å²) in [5, 5.41) is 3.64. The Morgan fingerprint density at radius 2 is 1.85 bits per heavy atom. The van der Waals surface area contributed by atoms with Gasteiger partial charge in [0.05, 0.1) is 10.6 Å². The average Bonchev–Trinajstić information content (AvgIpc) is 3.12. The number of halogens is 3. The molecule has 2 aromatic carbocycles. The van der Waals surface area contributed by atoms with Crippen LogP contribution >= 0.6 is 24.0 Å². The maximum absolute atomic E-state index is 14.0. The largest absolute Gasteiger partial charge is 0.384 e. The molecule has 0 saturated carbocycles. The summed E-state index contributed by atoms with van der Waals surface area (Å²) in [5.74, 6) is -0.883. The van der Waals surface area contributed by atoms with E-state index in [1.165, 1.54) is 28.9 Å². The van der Waals surface area contributed by atoms with Crippen molar-refractivity contribution in [1.82, 2.24) is 9.80 Å². The van der Waals surface area contributed by atoms with Gasteiger partial charge in [-0.05, 0) is 29.7 Å². The van der Waals surface area contributed by atoms with Crippen molar-refractivity contribution in [2.75, 3.05) is 38.0 Å². The number of hydrogen-bond acceptors (Lipinski definition) is 3. The van der Waals surface area contributed by atoms with Gasteiger partial charge in [-0.2, -0.15) is 0 Å². The first-order valence-corrected chi connectivity index (χ1v) is 9.31. The van der Waals surface area contributed by atoms with Crippen molar-refractivity contribution in [2.45, 2.75) is 13.0 Å². The number of carbonyl (C=O) groups excluding carboxylic acids is 1. The van der Waals surface area contributed by atoms with Gasteiger partial charge in [-0.3, -0.25) is 9.69 Å². The Hall–Kier alpha value is -1.82. The van der Waals surface area contributed by atoms with Gasteiger partial charge in [-0.15, -0.1) is 12.4 Å². The highest BCUT2D eigenvalue weighted by Crippen LogP contribution is 2.28. The molecule has 2 aromatic rings. The van der Waals surface area contributed by atoms with Gasteiger partial charge in [0, 0.05) is 45.0 Å². The average molecular weight is 410 g/mol. The topological polar surface area (TPSA) is 35.6 Å². The summed E-state index contributed by atoms with van der Waals surface area (Å²) in [4.78, 5) is 16.7. The minimum Gasteiger partial charge on any atom is -0.384 e. The van der Waals surface area contributed by atoms with E-state index in [4.69, 9.17) is 11.6 Å². The summed E-state index contributed by atoms with van der Waals surface area (Å²) >= 11 is 6.03. The second-order valence-corrected chi connectivity index (χ2v) is 7.20. The number of benzene rings is 2. The smallest absolute Gasteiger partial charge is 0.258 e. The third-order valence-corrected chi connectivity index (χ3v) is 5.48. The first kappa shape index (κ1) is 19.9. The lowest BCUT2D eigenvalue weighted by molar-refractivity contribution is 0.0624. The molecule has 144 valence electrons. The van der Waals surface area contributed by atoms with Gasteiger partial charge in [-0.25, -0.2) is 4.39 Å². The van der Waals surface area contributed by atoms with Crippen LogP contribution in [-0.2, 0) is 13.0 Å². The van der Waals surface area contributed by atoms with Crippen LogP contribution in [0.3, 0.4) is 0 Å². The monoisotopic (exact) mass is 409 g/mol. The van der Waals surface area contributed by atoms with Crippen LogP contribution in [0.15, 0.2) is 36.4 Å². The molecule has 4 nitrogen and oxygen atoms in total. The Balaban J connectivity index is 0.00000210. The third-order valence-electron chi connectivity index (χ3n) is 5.16. The van der Waals surface area contributed by atoms with Crippen LogP contribution in [0.2, 0.25) is 5.02 Å². The first-order valence-electron chi connectivity index (χ1n) is 8.94. The number of anilines is 1.